The summed E-state index contributed by atoms with van der Waals surface area (Å²) >= 11 is 0. The summed E-state index contributed by atoms with van der Waals surface area (Å²) in [7, 11) is 0. The molecule has 124 valence electrons. The lowest BCUT2D eigenvalue weighted by Crippen LogP contribution is -2.35. The number of ether oxygens (including phenoxy) is 1. The molecule has 0 saturated heterocycles. The van der Waals surface area contributed by atoms with E-state index >= 15 is 0 Å². The first kappa shape index (κ1) is 17.2. The van der Waals surface area contributed by atoms with Gasteiger partial charge in [-0.1, -0.05) is 51.7 Å². The largest absolute Gasteiger partial charge is 0.432 e. The number of hydrogen-bond donors (Lipinski definition) is 0. The molecule has 1 nitrogen and oxygen atoms in total. The summed E-state index contributed by atoms with van der Waals surface area (Å²) in [6, 6.07) is 7.28. The van der Waals surface area contributed by atoms with Crippen LogP contribution >= 0.6 is 0 Å². The van der Waals surface area contributed by atoms with Crippen LogP contribution in [-0.2, 0) is 0 Å². The van der Waals surface area contributed by atoms with E-state index in [1.165, 1.54) is 5.56 Å². The minimum atomic E-state index is -3.05. The van der Waals surface area contributed by atoms with Gasteiger partial charge in [-0.3, -0.25) is 0 Å². The molecular weight excluding hydrogens is 282 g/mol. The second-order valence-corrected chi connectivity index (χ2v) is 6.46. The Labute approximate surface area is 133 Å². The Kier molecular flexibility index (Phi) is 6.22. The predicted octanol–water partition coefficient (Wildman–Crippen LogP) is 6.53. The molecule has 0 aromatic heterocycles. The van der Waals surface area contributed by atoms with Gasteiger partial charge in [-0.2, -0.15) is 8.78 Å². The van der Waals surface area contributed by atoms with Gasteiger partial charge < -0.3 is 4.74 Å². The van der Waals surface area contributed by atoms with Gasteiger partial charge in [0, 0.05) is 0 Å². The summed E-state index contributed by atoms with van der Waals surface area (Å²) in [4.78, 5) is 0. The molecule has 0 bridgehead atoms. The third kappa shape index (κ3) is 4.44. The Morgan fingerprint density at radius 2 is 1.73 bits per heavy atom. The molecule has 22 heavy (non-hydrogen) atoms. The van der Waals surface area contributed by atoms with Crippen LogP contribution in [0.3, 0.4) is 0 Å². The van der Waals surface area contributed by atoms with Crippen LogP contribution in [0.5, 0.6) is 5.75 Å². The molecule has 0 amide bonds. The van der Waals surface area contributed by atoms with Gasteiger partial charge in [0.2, 0.25) is 0 Å². The van der Waals surface area contributed by atoms with Gasteiger partial charge in [-0.05, 0) is 49.3 Å². The van der Waals surface area contributed by atoms with Gasteiger partial charge in [0.1, 0.15) is 5.75 Å². The highest BCUT2D eigenvalue weighted by atomic mass is 19.3. The van der Waals surface area contributed by atoms with Gasteiger partial charge in [-0.15, -0.1) is 0 Å². The highest BCUT2D eigenvalue weighted by Gasteiger charge is 2.42. The first-order valence-corrected chi connectivity index (χ1v) is 8.73. The lowest BCUT2D eigenvalue weighted by atomic mass is 9.88. The van der Waals surface area contributed by atoms with Crippen molar-refractivity contribution >= 4 is 0 Å². The van der Waals surface area contributed by atoms with Crippen molar-refractivity contribution in [3.05, 3.63) is 29.8 Å². The lowest BCUT2D eigenvalue weighted by Gasteiger charge is -2.29. The minimum absolute atomic E-state index is 0.283. The number of benzene rings is 1. The molecule has 2 rings (SSSR count). The molecule has 3 heteroatoms. The normalized spacial score (nSPS) is 18.2. The number of rotatable bonds is 7. The van der Waals surface area contributed by atoms with E-state index < -0.39 is 12.0 Å². The maximum Gasteiger partial charge on any atom is 0.400 e. The Hall–Kier alpha value is -1.12. The predicted molar refractivity (Wildman–Crippen MR) is 86.5 cm³/mol. The van der Waals surface area contributed by atoms with Crippen LogP contribution in [0.15, 0.2) is 24.3 Å². The van der Waals surface area contributed by atoms with Crippen molar-refractivity contribution in [2.24, 2.45) is 5.92 Å². The molecular formula is C19H28F2O. The summed E-state index contributed by atoms with van der Waals surface area (Å²) in [5.41, 5.74) is 1.22. The third-order valence-electron chi connectivity index (χ3n) is 4.82. The Morgan fingerprint density at radius 1 is 1.09 bits per heavy atom. The van der Waals surface area contributed by atoms with Crippen molar-refractivity contribution in [3.63, 3.8) is 0 Å². The minimum Gasteiger partial charge on any atom is -0.432 e. The van der Waals surface area contributed by atoms with Crippen molar-refractivity contribution < 1.29 is 13.5 Å². The molecule has 1 aromatic carbocycles. The maximum absolute atomic E-state index is 14.2. The number of halogens is 2. The van der Waals surface area contributed by atoms with Crippen LogP contribution in [0.4, 0.5) is 8.78 Å². The van der Waals surface area contributed by atoms with E-state index in [0.717, 1.165) is 38.5 Å². The number of hydrogen-bond acceptors (Lipinski definition) is 1. The first-order chi connectivity index (χ1) is 10.6. The van der Waals surface area contributed by atoms with Gasteiger partial charge >= 0.3 is 6.11 Å². The van der Waals surface area contributed by atoms with Crippen LogP contribution in [0.1, 0.15) is 76.7 Å². The second kappa shape index (κ2) is 7.94. The molecule has 0 heterocycles. The van der Waals surface area contributed by atoms with Crippen LogP contribution in [0, 0.1) is 5.92 Å². The molecule has 1 unspecified atom stereocenters. The van der Waals surface area contributed by atoms with Gasteiger partial charge in [0.25, 0.3) is 0 Å². The highest BCUT2D eigenvalue weighted by Crippen LogP contribution is 2.38. The van der Waals surface area contributed by atoms with Crippen LogP contribution < -0.4 is 4.74 Å². The van der Waals surface area contributed by atoms with Crippen molar-refractivity contribution in [2.45, 2.75) is 77.2 Å². The van der Waals surface area contributed by atoms with Crippen LogP contribution in [-0.4, -0.2) is 6.11 Å². The third-order valence-corrected chi connectivity index (χ3v) is 4.82. The Morgan fingerprint density at radius 3 is 2.27 bits per heavy atom. The van der Waals surface area contributed by atoms with Crippen LogP contribution in [0.25, 0.3) is 0 Å². The molecule has 0 spiro atoms. The van der Waals surface area contributed by atoms with E-state index in [4.69, 9.17) is 4.74 Å². The van der Waals surface area contributed by atoms with Crippen molar-refractivity contribution in [2.75, 3.05) is 0 Å². The fraction of sp³-hybridized carbons (Fsp3) is 0.684. The standard InChI is InChI=1S/C19H28F2O/c1-3-8-15(4-2)16-11-13-18(14-12-16)22-19(20,21)17-9-6-5-7-10-17/h11-15,17H,3-10H2,1-2H3. The van der Waals surface area contributed by atoms with E-state index in [0.29, 0.717) is 18.8 Å². The second-order valence-electron chi connectivity index (χ2n) is 6.46. The van der Waals surface area contributed by atoms with Gasteiger partial charge in [0.05, 0.1) is 5.92 Å². The fourth-order valence-corrected chi connectivity index (χ4v) is 3.44. The number of alkyl halides is 2. The van der Waals surface area contributed by atoms with Gasteiger partial charge in [0.15, 0.2) is 0 Å². The molecule has 1 aliphatic carbocycles. The lowest BCUT2D eigenvalue weighted by molar-refractivity contribution is -0.221. The first-order valence-electron chi connectivity index (χ1n) is 8.73. The molecule has 0 N–H and O–H groups in total. The molecule has 0 radical (unpaired) electrons. The zero-order valence-corrected chi connectivity index (χ0v) is 13.8. The van der Waals surface area contributed by atoms with E-state index in [9.17, 15) is 8.78 Å². The SMILES string of the molecule is CCCC(CC)c1ccc(OC(F)(F)C2CCCCC2)cc1. The summed E-state index contributed by atoms with van der Waals surface area (Å²) in [6.07, 6.45) is 4.28. The molecule has 0 aliphatic heterocycles. The van der Waals surface area contributed by atoms with E-state index in [1.54, 1.807) is 12.1 Å². The summed E-state index contributed by atoms with van der Waals surface area (Å²) in [6.45, 7) is 4.34. The zero-order chi connectivity index (χ0) is 16.0. The highest BCUT2D eigenvalue weighted by molar-refractivity contribution is 5.29. The van der Waals surface area contributed by atoms with E-state index in [-0.39, 0.29) is 5.75 Å². The summed E-state index contributed by atoms with van der Waals surface area (Å²) < 4.78 is 33.5. The molecule has 1 saturated carbocycles. The monoisotopic (exact) mass is 310 g/mol. The zero-order valence-electron chi connectivity index (χ0n) is 13.8. The summed E-state index contributed by atoms with van der Waals surface area (Å²) in [5.74, 6) is 0.160. The fourth-order valence-electron chi connectivity index (χ4n) is 3.44. The smallest absolute Gasteiger partial charge is 0.400 e. The average molecular weight is 310 g/mol. The average Bonchev–Trinajstić information content (AvgIpc) is 2.54. The Bertz CT molecular complexity index is 435. The van der Waals surface area contributed by atoms with Crippen molar-refractivity contribution in [1.29, 1.82) is 0 Å². The topological polar surface area (TPSA) is 9.23 Å². The quantitative estimate of drug-likeness (QED) is 0.556. The molecule has 1 atom stereocenters. The van der Waals surface area contributed by atoms with E-state index in [2.05, 4.69) is 13.8 Å². The maximum atomic E-state index is 14.2. The van der Waals surface area contributed by atoms with Crippen molar-refractivity contribution in [1.82, 2.24) is 0 Å². The van der Waals surface area contributed by atoms with E-state index in [1.807, 2.05) is 12.1 Å². The summed E-state index contributed by atoms with van der Waals surface area (Å²) in [5, 5.41) is 0. The molecule has 1 aliphatic rings. The molecule has 1 fully saturated rings. The molecule has 1 aromatic rings. The Balaban J connectivity index is 2.00. The van der Waals surface area contributed by atoms with Crippen LogP contribution in [0.2, 0.25) is 0 Å². The van der Waals surface area contributed by atoms with Gasteiger partial charge in [-0.25, -0.2) is 0 Å². The van der Waals surface area contributed by atoms with Crippen molar-refractivity contribution in [3.8, 4) is 5.75 Å².